The van der Waals surface area contributed by atoms with E-state index in [1.807, 2.05) is 0 Å². The van der Waals surface area contributed by atoms with Crippen LogP contribution in [0.2, 0.25) is 0 Å². The zero-order chi connectivity index (χ0) is 18.0. The van der Waals surface area contributed by atoms with Crippen molar-refractivity contribution in [2.75, 3.05) is 39.0 Å². The molecule has 1 saturated carbocycles. The highest BCUT2D eigenvalue weighted by Gasteiger charge is 2.38. The van der Waals surface area contributed by atoms with Crippen LogP contribution in [0.3, 0.4) is 0 Å². The molecule has 7 heteroatoms. The first-order chi connectivity index (χ1) is 12.2. The number of halogens is 1. The fourth-order valence-corrected chi connectivity index (χ4v) is 5.36. The van der Waals surface area contributed by atoms with Gasteiger partial charge < -0.3 is 15.0 Å². The normalized spacial score (nSPS) is 19.8. The summed E-state index contributed by atoms with van der Waals surface area (Å²) in [5, 5.41) is 3.49. The van der Waals surface area contributed by atoms with Crippen LogP contribution < -0.4 is 5.32 Å². The van der Waals surface area contributed by atoms with Crippen molar-refractivity contribution in [1.82, 2.24) is 10.2 Å². The Hall–Kier alpha value is -0.180. The Kier molecular flexibility index (Phi) is 12.0. The third-order valence-corrected chi connectivity index (χ3v) is 6.71. The van der Waals surface area contributed by atoms with Crippen LogP contribution in [-0.4, -0.2) is 60.6 Å². The standard InChI is InChI=1S/C19H35N3O2S.HI/c1-3-20-18(21-13-9-4-6-10-17(23)24-2)22-14-15-25-19(16-22)11-7-5-8-12-19;/h3-16H2,1-2H3,(H,20,21);1H. The van der Waals surface area contributed by atoms with E-state index in [9.17, 15) is 4.79 Å². The van der Waals surface area contributed by atoms with Crippen LogP contribution in [0.1, 0.15) is 64.7 Å². The van der Waals surface area contributed by atoms with E-state index in [2.05, 4.69) is 33.6 Å². The number of methoxy groups -OCH3 is 1. The van der Waals surface area contributed by atoms with Gasteiger partial charge in [0.25, 0.3) is 0 Å². The lowest BCUT2D eigenvalue weighted by Gasteiger charge is -2.45. The first-order valence-corrected chi connectivity index (χ1v) is 10.9. The van der Waals surface area contributed by atoms with Crippen molar-refractivity contribution in [3.05, 3.63) is 0 Å². The Morgan fingerprint density at radius 2 is 2.00 bits per heavy atom. The van der Waals surface area contributed by atoms with Crippen molar-refractivity contribution < 1.29 is 9.53 Å². The summed E-state index contributed by atoms with van der Waals surface area (Å²) in [6.45, 7) is 6.13. The molecule has 2 aliphatic rings. The zero-order valence-corrected chi connectivity index (χ0v) is 19.6. The van der Waals surface area contributed by atoms with Crippen molar-refractivity contribution in [3.8, 4) is 0 Å². The summed E-state index contributed by atoms with van der Waals surface area (Å²) in [6, 6.07) is 0. The first-order valence-electron chi connectivity index (χ1n) is 9.93. The van der Waals surface area contributed by atoms with E-state index in [1.54, 1.807) is 0 Å². The number of rotatable bonds is 7. The number of hydrogen-bond acceptors (Lipinski definition) is 4. The predicted octanol–water partition coefficient (Wildman–Crippen LogP) is 4.06. The summed E-state index contributed by atoms with van der Waals surface area (Å²) in [5.41, 5.74) is 0. The van der Waals surface area contributed by atoms with Crippen molar-refractivity contribution in [3.63, 3.8) is 0 Å². The van der Waals surface area contributed by atoms with Gasteiger partial charge in [-0.15, -0.1) is 24.0 Å². The minimum Gasteiger partial charge on any atom is -0.469 e. The third kappa shape index (κ3) is 7.82. The van der Waals surface area contributed by atoms with Gasteiger partial charge in [0, 0.05) is 43.1 Å². The molecule has 0 aromatic rings. The van der Waals surface area contributed by atoms with Crippen molar-refractivity contribution in [2.24, 2.45) is 4.99 Å². The van der Waals surface area contributed by atoms with Gasteiger partial charge in [0.2, 0.25) is 0 Å². The van der Waals surface area contributed by atoms with E-state index in [0.29, 0.717) is 11.2 Å². The van der Waals surface area contributed by atoms with Crippen molar-refractivity contribution >= 4 is 47.7 Å². The lowest BCUT2D eigenvalue weighted by Crippen LogP contribution is -2.53. The molecule has 2 fully saturated rings. The van der Waals surface area contributed by atoms with Gasteiger partial charge in [-0.3, -0.25) is 9.79 Å². The van der Waals surface area contributed by atoms with E-state index in [4.69, 9.17) is 4.99 Å². The zero-order valence-electron chi connectivity index (χ0n) is 16.4. The van der Waals surface area contributed by atoms with Gasteiger partial charge in [-0.25, -0.2) is 0 Å². The molecule has 0 unspecified atom stereocenters. The summed E-state index contributed by atoms with van der Waals surface area (Å²) in [4.78, 5) is 18.5. The van der Waals surface area contributed by atoms with Gasteiger partial charge in [-0.2, -0.15) is 11.8 Å². The Labute approximate surface area is 180 Å². The van der Waals surface area contributed by atoms with Crippen LogP contribution in [0.25, 0.3) is 0 Å². The van der Waals surface area contributed by atoms with Gasteiger partial charge >= 0.3 is 5.97 Å². The molecule has 0 bridgehead atoms. The second-order valence-corrected chi connectivity index (χ2v) is 8.70. The van der Waals surface area contributed by atoms with E-state index in [1.165, 1.54) is 45.0 Å². The van der Waals surface area contributed by atoms with Gasteiger partial charge in [0.05, 0.1) is 7.11 Å². The Bertz CT molecular complexity index is 437. The van der Waals surface area contributed by atoms with E-state index in [0.717, 1.165) is 51.4 Å². The van der Waals surface area contributed by atoms with E-state index >= 15 is 0 Å². The highest BCUT2D eigenvalue weighted by Crippen LogP contribution is 2.42. The summed E-state index contributed by atoms with van der Waals surface area (Å²) < 4.78 is 5.14. The molecule has 5 nitrogen and oxygen atoms in total. The van der Waals surface area contributed by atoms with Gasteiger partial charge in [0.1, 0.15) is 0 Å². The molecule has 152 valence electrons. The second-order valence-electron chi connectivity index (χ2n) is 7.14. The van der Waals surface area contributed by atoms with Crippen molar-refractivity contribution in [1.29, 1.82) is 0 Å². The Morgan fingerprint density at radius 3 is 2.69 bits per heavy atom. The van der Waals surface area contributed by atoms with Gasteiger partial charge in [0.15, 0.2) is 5.96 Å². The third-order valence-electron chi connectivity index (χ3n) is 5.18. The van der Waals surface area contributed by atoms with E-state index in [-0.39, 0.29) is 29.9 Å². The van der Waals surface area contributed by atoms with Crippen LogP contribution in [-0.2, 0) is 9.53 Å². The average molecular weight is 497 g/mol. The Balaban J connectivity index is 0.00000338. The number of carbonyl (C=O) groups is 1. The molecule has 0 aromatic carbocycles. The number of carbonyl (C=O) groups excluding carboxylic acids is 1. The lowest BCUT2D eigenvalue weighted by atomic mass is 9.87. The topological polar surface area (TPSA) is 53.9 Å². The molecule has 1 aliphatic heterocycles. The fourth-order valence-electron chi connectivity index (χ4n) is 3.79. The lowest BCUT2D eigenvalue weighted by molar-refractivity contribution is -0.140. The molecular formula is C19H36IN3O2S. The average Bonchev–Trinajstić information content (AvgIpc) is 2.64. The molecule has 0 aromatic heterocycles. The minimum absolute atomic E-state index is 0. The molecule has 1 heterocycles. The summed E-state index contributed by atoms with van der Waals surface area (Å²) in [7, 11) is 1.45. The number of thioether (sulfide) groups is 1. The maximum absolute atomic E-state index is 11.1. The van der Waals surface area contributed by atoms with Crippen LogP contribution in [0, 0.1) is 0 Å². The number of esters is 1. The number of nitrogens with one attached hydrogen (secondary N) is 1. The van der Waals surface area contributed by atoms with Gasteiger partial charge in [-0.1, -0.05) is 25.7 Å². The number of guanidine groups is 1. The van der Waals surface area contributed by atoms with Crippen LogP contribution >= 0.6 is 35.7 Å². The molecule has 0 amide bonds. The molecule has 2 rings (SSSR count). The second kappa shape index (κ2) is 13.1. The summed E-state index contributed by atoms with van der Waals surface area (Å²) in [5.74, 6) is 2.19. The molecule has 1 aliphatic carbocycles. The Morgan fingerprint density at radius 1 is 1.23 bits per heavy atom. The fraction of sp³-hybridized carbons (Fsp3) is 0.895. The van der Waals surface area contributed by atoms with Crippen molar-refractivity contribution in [2.45, 2.75) is 69.5 Å². The van der Waals surface area contributed by atoms with Crippen LogP contribution in [0.15, 0.2) is 4.99 Å². The van der Waals surface area contributed by atoms with Gasteiger partial charge in [-0.05, 0) is 32.6 Å². The summed E-state index contributed by atoms with van der Waals surface area (Å²) in [6.07, 6.45) is 10.4. The minimum atomic E-state index is -0.111. The molecule has 1 spiro atoms. The van der Waals surface area contributed by atoms with Crippen LogP contribution in [0.4, 0.5) is 0 Å². The molecule has 0 radical (unpaired) electrons. The number of nitrogens with zero attached hydrogens (tertiary/aromatic N) is 2. The monoisotopic (exact) mass is 497 g/mol. The number of unbranched alkanes of at least 4 members (excludes halogenated alkanes) is 2. The quantitative estimate of drug-likeness (QED) is 0.189. The highest BCUT2D eigenvalue weighted by molar-refractivity contribution is 14.0. The molecule has 26 heavy (non-hydrogen) atoms. The maximum atomic E-state index is 11.1. The predicted molar refractivity (Wildman–Crippen MR) is 122 cm³/mol. The molecule has 0 atom stereocenters. The molecule has 1 N–H and O–H groups in total. The molecule has 1 saturated heterocycles. The molecular weight excluding hydrogens is 461 g/mol. The number of hydrogen-bond donors (Lipinski definition) is 1. The number of aliphatic imine (C=N–C) groups is 1. The highest BCUT2D eigenvalue weighted by atomic mass is 127. The van der Waals surface area contributed by atoms with Crippen LogP contribution in [0.5, 0.6) is 0 Å². The van der Waals surface area contributed by atoms with E-state index < -0.39 is 0 Å². The number of ether oxygens (including phenoxy) is 1. The summed E-state index contributed by atoms with van der Waals surface area (Å²) >= 11 is 2.20. The largest absolute Gasteiger partial charge is 0.469 e. The first kappa shape index (κ1) is 23.9. The maximum Gasteiger partial charge on any atom is 0.305 e. The SMILES string of the molecule is CCNC(=NCCCCCC(=O)OC)N1CCSC2(CCCCC2)C1.I. The smallest absolute Gasteiger partial charge is 0.305 e.